The first-order valence-corrected chi connectivity index (χ1v) is 13.5. The molecule has 8 atom stereocenters. The zero-order chi connectivity index (χ0) is 22.6. The number of ketones is 1. The molecular weight excluding hydrogens is 406 g/mol. The Morgan fingerprint density at radius 1 is 1.10 bits per heavy atom. The molecule has 1 N–H and O–H groups in total. The molecule has 4 aliphatic carbocycles. The third kappa shape index (κ3) is 4.93. The third-order valence-electron chi connectivity index (χ3n) is 10.3. The second-order valence-corrected chi connectivity index (χ2v) is 12.0. The van der Waals surface area contributed by atoms with E-state index in [0.29, 0.717) is 34.3 Å². The molecule has 3 nitrogen and oxygen atoms in total. The van der Waals surface area contributed by atoms with Gasteiger partial charge in [0.25, 0.3) is 0 Å². The largest absolute Gasteiger partial charge is 0.319 e. The molecular formula is C27H46ClNO2. The first-order valence-electron chi connectivity index (χ1n) is 13.0. The van der Waals surface area contributed by atoms with Crippen molar-refractivity contribution in [3.05, 3.63) is 0 Å². The Morgan fingerprint density at radius 2 is 1.84 bits per heavy atom. The molecule has 4 saturated carbocycles. The molecule has 4 heteroatoms. The van der Waals surface area contributed by atoms with Gasteiger partial charge in [0.05, 0.1) is 0 Å². The number of carbonyl (C=O) groups is 2. The average molecular weight is 452 g/mol. The van der Waals surface area contributed by atoms with E-state index in [4.69, 9.17) is 11.6 Å². The number of alkyl halides is 1. The average Bonchev–Trinajstić information content (AvgIpc) is 3.11. The van der Waals surface area contributed by atoms with Crippen LogP contribution in [0.1, 0.15) is 91.4 Å². The number of rotatable bonds is 6. The lowest BCUT2D eigenvalue weighted by Gasteiger charge is -2.60. The quantitative estimate of drug-likeness (QED) is 0.382. The zero-order valence-electron chi connectivity index (χ0n) is 20.4. The highest BCUT2D eigenvalue weighted by molar-refractivity contribution is 6.18. The fourth-order valence-electron chi connectivity index (χ4n) is 8.65. The highest BCUT2D eigenvalue weighted by atomic mass is 35.5. The van der Waals surface area contributed by atoms with Crippen LogP contribution in [0.4, 0.5) is 0 Å². The summed E-state index contributed by atoms with van der Waals surface area (Å²) in [6.45, 7) is 8.45. The molecule has 0 heterocycles. The third-order valence-corrected chi connectivity index (χ3v) is 10.5. The molecule has 4 rings (SSSR count). The predicted molar refractivity (Wildman–Crippen MR) is 129 cm³/mol. The van der Waals surface area contributed by atoms with Crippen molar-refractivity contribution in [1.29, 1.82) is 0 Å². The first kappa shape index (κ1) is 25.2. The van der Waals surface area contributed by atoms with E-state index < -0.39 is 0 Å². The Labute approximate surface area is 195 Å². The van der Waals surface area contributed by atoms with Gasteiger partial charge in [-0.1, -0.05) is 20.8 Å². The lowest BCUT2D eigenvalue weighted by molar-refractivity contribution is -0.140. The Kier molecular flexibility index (Phi) is 8.69. The molecule has 0 radical (unpaired) electrons. The number of Topliss-reactive ketones (excluding diaryl/α,β-unsaturated/α-hetero) is 1. The molecule has 0 spiro atoms. The maximum atomic E-state index is 12.0. The number of hydrogen-bond donors (Lipinski definition) is 1. The fourth-order valence-corrected chi connectivity index (χ4v) is 8.84. The molecule has 8 unspecified atom stereocenters. The summed E-state index contributed by atoms with van der Waals surface area (Å²) in [6.07, 6.45) is 14.0. The van der Waals surface area contributed by atoms with Crippen LogP contribution >= 0.6 is 11.6 Å². The Hall–Kier alpha value is -0.410. The summed E-state index contributed by atoms with van der Waals surface area (Å²) in [5.41, 5.74) is 0.927. The van der Waals surface area contributed by atoms with E-state index in [1.165, 1.54) is 38.5 Å². The Morgan fingerprint density at radius 3 is 2.48 bits per heavy atom. The van der Waals surface area contributed by atoms with Crippen molar-refractivity contribution in [1.82, 2.24) is 5.32 Å². The monoisotopic (exact) mass is 451 g/mol. The van der Waals surface area contributed by atoms with E-state index in [0.717, 1.165) is 68.6 Å². The molecule has 0 saturated heterocycles. The summed E-state index contributed by atoms with van der Waals surface area (Å²) < 4.78 is 0. The number of fused-ring (bicyclic) bond motifs is 5. The van der Waals surface area contributed by atoms with Crippen LogP contribution in [0.25, 0.3) is 0 Å². The minimum atomic E-state index is 0.430. The Bertz CT molecular complexity index is 622. The zero-order valence-corrected chi connectivity index (χ0v) is 21.2. The van der Waals surface area contributed by atoms with Crippen molar-refractivity contribution < 1.29 is 9.59 Å². The summed E-state index contributed by atoms with van der Waals surface area (Å²) in [5.74, 6) is 6.03. The number of carbonyl (C=O) groups excluding carboxylic acids is 2. The van der Waals surface area contributed by atoms with Crippen LogP contribution < -0.4 is 5.32 Å². The molecule has 0 aliphatic heterocycles. The molecule has 0 aromatic carbocycles. The van der Waals surface area contributed by atoms with Gasteiger partial charge in [-0.2, -0.15) is 0 Å². The lowest BCUT2D eigenvalue weighted by atomic mass is 9.44. The molecule has 4 aliphatic rings. The highest BCUT2D eigenvalue weighted by Crippen LogP contribution is 2.68. The molecule has 4 fully saturated rings. The smallest absolute Gasteiger partial charge is 0.133 e. The van der Waals surface area contributed by atoms with Crippen LogP contribution in [0.2, 0.25) is 0 Å². The number of halogens is 1. The first-order chi connectivity index (χ1) is 14.8. The fraction of sp³-hybridized carbons (Fsp3) is 0.926. The SMILES string of the molecule is CC(CCC=O)C1CCC2C3CCC4CC(=O)CCC4(C)C3CCC12C.CNCCCl. The van der Waals surface area contributed by atoms with Crippen molar-refractivity contribution in [2.45, 2.75) is 91.4 Å². The van der Waals surface area contributed by atoms with Crippen LogP contribution in [-0.4, -0.2) is 31.5 Å². The van der Waals surface area contributed by atoms with Gasteiger partial charge in [0.2, 0.25) is 0 Å². The number of hydrogen-bond acceptors (Lipinski definition) is 3. The van der Waals surface area contributed by atoms with E-state index in [9.17, 15) is 9.59 Å². The van der Waals surface area contributed by atoms with Crippen LogP contribution in [-0.2, 0) is 9.59 Å². The van der Waals surface area contributed by atoms with Gasteiger partial charge in [-0.05, 0) is 105 Å². The maximum Gasteiger partial charge on any atom is 0.133 e. The minimum Gasteiger partial charge on any atom is -0.319 e. The summed E-state index contributed by atoms with van der Waals surface area (Å²) in [4.78, 5) is 22.9. The second kappa shape index (κ2) is 10.7. The molecule has 0 aromatic heterocycles. The molecule has 31 heavy (non-hydrogen) atoms. The minimum absolute atomic E-state index is 0.430. The topological polar surface area (TPSA) is 46.2 Å². The highest BCUT2D eigenvalue weighted by Gasteiger charge is 2.60. The second-order valence-electron chi connectivity index (χ2n) is 11.6. The lowest BCUT2D eigenvalue weighted by Crippen LogP contribution is -2.53. The van der Waals surface area contributed by atoms with Gasteiger partial charge in [0.15, 0.2) is 0 Å². The van der Waals surface area contributed by atoms with Crippen LogP contribution in [0.3, 0.4) is 0 Å². The van der Waals surface area contributed by atoms with Crippen molar-refractivity contribution in [2.75, 3.05) is 19.5 Å². The van der Waals surface area contributed by atoms with E-state index in [2.05, 4.69) is 26.1 Å². The van der Waals surface area contributed by atoms with E-state index >= 15 is 0 Å². The van der Waals surface area contributed by atoms with Crippen LogP contribution in [0, 0.1) is 46.3 Å². The molecule has 178 valence electrons. The van der Waals surface area contributed by atoms with E-state index in [-0.39, 0.29) is 0 Å². The standard InChI is InChI=1S/C24H38O2.C3H8ClN/c1-16(5-4-14-25)20-8-9-21-19-7-6-17-15-18(26)10-12-23(17,2)22(19)11-13-24(20,21)3;1-5-3-2-4/h14,16-17,19-22H,4-13,15H2,1-3H3;5H,2-3H2,1H3. The summed E-state index contributed by atoms with van der Waals surface area (Å²) in [5, 5.41) is 2.89. The van der Waals surface area contributed by atoms with Crippen molar-refractivity contribution in [3.63, 3.8) is 0 Å². The Balaban J connectivity index is 0.000000491. The summed E-state index contributed by atoms with van der Waals surface area (Å²) in [7, 11) is 1.88. The van der Waals surface area contributed by atoms with Gasteiger partial charge >= 0.3 is 0 Å². The predicted octanol–water partition coefficient (Wildman–Crippen LogP) is 6.27. The van der Waals surface area contributed by atoms with Crippen LogP contribution in [0.5, 0.6) is 0 Å². The van der Waals surface area contributed by atoms with E-state index in [1.807, 2.05) is 7.05 Å². The van der Waals surface area contributed by atoms with Gasteiger partial charge in [0.1, 0.15) is 12.1 Å². The van der Waals surface area contributed by atoms with Gasteiger partial charge in [-0.3, -0.25) is 4.79 Å². The van der Waals surface area contributed by atoms with Gasteiger partial charge in [-0.15, -0.1) is 11.6 Å². The number of nitrogens with one attached hydrogen (secondary N) is 1. The number of aldehydes is 1. The van der Waals surface area contributed by atoms with Crippen molar-refractivity contribution in [2.24, 2.45) is 46.3 Å². The van der Waals surface area contributed by atoms with Gasteiger partial charge in [-0.25, -0.2) is 0 Å². The van der Waals surface area contributed by atoms with E-state index in [1.54, 1.807) is 0 Å². The van der Waals surface area contributed by atoms with Crippen molar-refractivity contribution in [3.8, 4) is 0 Å². The van der Waals surface area contributed by atoms with Gasteiger partial charge in [0, 0.05) is 31.7 Å². The maximum absolute atomic E-state index is 12.0. The van der Waals surface area contributed by atoms with Crippen LogP contribution in [0.15, 0.2) is 0 Å². The normalized spacial score (nSPS) is 42.5. The molecule has 0 bridgehead atoms. The molecule has 0 aromatic rings. The summed E-state index contributed by atoms with van der Waals surface area (Å²) in [6, 6.07) is 0. The van der Waals surface area contributed by atoms with Crippen molar-refractivity contribution >= 4 is 23.7 Å². The van der Waals surface area contributed by atoms with Gasteiger partial charge < -0.3 is 10.1 Å². The summed E-state index contributed by atoms with van der Waals surface area (Å²) >= 11 is 5.24. The molecule has 0 amide bonds.